The summed E-state index contributed by atoms with van der Waals surface area (Å²) in [6.07, 6.45) is 4.28. The summed E-state index contributed by atoms with van der Waals surface area (Å²) in [5.74, 6) is 0.662. The number of likely N-dealkylation sites (tertiary alicyclic amines) is 1. The third-order valence-electron chi connectivity index (χ3n) is 4.66. The van der Waals surface area contributed by atoms with Gasteiger partial charge in [-0.3, -0.25) is 4.79 Å². The number of hydrogen-bond acceptors (Lipinski definition) is 5. The maximum absolute atomic E-state index is 12.9. The molecule has 7 heteroatoms. The van der Waals surface area contributed by atoms with Crippen molar-refractivity contribution in [2.45, 2.75) is 25.2 Å². The van der Waals surface area contributed by atoms with Crippen LogP contribution >= 0.6 is 0 Å². The Morgan fingerprint density at radius 2 is 2.40 bits per heavy atom. The molecule has 0 radical (unpaired) electrons. The van der Waals surface area contributed by atoms with Gasteiger partial charge >= 0.3 is 0 Å². The Bertz CT molecular complexity index is 788. The molecule has 0 N–H and O–H groups in total. The van der Waals surface area contributed by atoms with Gasteiger partial charge in [0.2, 0.25) is 0 Å². The normalized spacial score (nSPS) is 22.0. The van der Waals surface area contributed by atoms with Crippen LogP contribution in [0.25, 0.3) is 0 Å². The van der Waals surface area contributed by atoms with Gasteiger partial charge in [0.1, 0.15) is 12.4 Å². The van der Waals surface area contributed by atoms with Crippen LogP contribution in [0.3, 0.4) is 0 Å². The highest BCUT2D eigenvalue weighted by Crippen LogP contribution is 2.30. The van der Waals surface area contributed by atoms with E-state index in [0.717, 1.165) is 12.1 Å². The minimum absolute atomic E-state index is 0.00487. The second-order valence-corrected chi connectivity index (χ2v) is 6.25. The molecule has 0 saturated carbocycles. The maximum atomic E-state index is 12.9. The van der Waals surface area contributed by atoms with Gasteiger partial charge in [0.25, 0.3) is 5.91 Å². The topological polar surface area (TPSA) is 69.5 Å². The third kappa shape index (κ3) is 3.02. The van der Waals surface area contributed by atoms with E-state index in [1.54, 1.807) is 18.3 Å². The molecule has 0 unspecified atom stereocenters. The Morgan fingerprint density at radius 1 is 1.48 bits per heavy atom. The first-order valence-electron chi connectivity index (χ1n) is 8.40. The number of benzene rings is 1. The smallest absolute Gasteiger partial charge is 0.254 e. The quantitative estimate of drug-likeness (QED) is 0.794. The van der Waals surface area contributed by atoms with Crippen LogP contribution in [0.1, 0.15) is 28.5 Å². The van der Waals surface area contributed by atoms with Gasteiger partial charge in [0.05, 0.1) is 30.6 Å². The number of nitrogens with zero attached hydrogens (tertiary/aromatic N) is 4. The van der Waals surface area contributed by atoms with Crippen molar-refractivity contribution in [1.82, 2.24) is 19.9 Å². The van der Waals surface area contributed by atoms with Gasteiger partial charge in [-0.05, 0) is 24.6 Å². The number of hydrogen-bond donors (Lipinski definition) is 0. The summed E-state index contributed by atoms with van der Waals surface area (Å²) in [7, 11) is 0. The maximum Gasteiger partial charge on any atom is 0.254 e. The molecule has 2 aromatic rings. The van der Waals surface area contributed by atoms with Crippen molar-refractivity contribution in [3.8, 4) is 5.75 Å². The number of fused-ring (bicyclic) bond motifs is 3. The van der Waals surface area contributed by atoms with E-state index < -0.39 is 0 Å². The van der Waals surface area contributed by atoms with E-state index in [4.69, 9.17) is 9.47 Å². The van der Waals surface area contributed by atoms with Crippen molar-refractivity contribution in [3.63, 3.8) is 0 Å². The predicted octanol–water partition coefficient (Wildman–Crippen LogP) is 1.83. The monoisotopic (exact) mass is 340 g/mol. The van der Waals surface area contributed by atoms with Crippen molar-refractivity contribution in [2.75, 3.05) is 19.7 Å². The molecular formula is C18H20N4O3. The molecule has 0 spiro atoms. The molecule has 130 valence electrons. The van der Waals surface area contributed by atoms with Crippen LogP contribution in [0.2, 0.25) is 0 Å². The van der Waals surface area contributed by atoms with Gasteiger partial charge in [0, 0.05) is 18.7 Å². The first kappa shape index (κ1) is 15.8. The van der Waals surface area contributed by atoms with Gasteiger partial charge in [-0.15, -0.1) is 5.10 Å². The molecular weight excluding hydrogens is 320 g/mol. The standard InChI is InChI=1S/C18H20N4O3/c1-2-8-24-15-5-3-4-13(9-15)18(23)21-7-6-17-16(11-21)22-14(12-25-17)10-19-20-22/h2-5,9-10,16-17H,1,6-8,11-12H2/t16-,17-/m0/s1. The van der Waals surface area contributed by atoms with Gasteiger partial charge in [-0.1, -0.05) is 23.9 Å². The fourth-order valence-electron chi connectivity index (χ4n) is 3.42. The largest absolute Gasteiger partial charge is 0.490 e. The lowest BCUT2D eigenvalue weighted by atomic mass is 9.99. The van der Waals surface area contributed by atoms with Crippen LogP contribution in [0.4, 0.5) is 0 Å². The highest BCUT2D eigenvalue weighted by molar-refractivity contribution is 5.94. The molecule has 1 aromatic heterocycles. The van der Waals surface area contributed by atoms with Crippen LogP contribution in [0.15, 0.2) is 43.1 Å². The second-order valence-electron chi connectivity index (χ2n) is 6.25. The molecule has 2 atom stereocenters. The molecule has 25 heavy (non-hydrogen) atoms. The second kappa shape index (κ2) is 6.68. The fraction of sp³-hybridized carbons (Fsp3) is 0.389. The molecule has 1 aromatic carbocycles. The van der Waals surface area contributed by atoms with Crippen molar-refractivity contribution in [2.24, 2.45) is 0 Å². The third-order valence-corrected chi connectivity index (χ3v) is 4.66. The molecule has 1 amide bonds. The summed E-state index contributed by atoms with van der Waals surface area (Å²) in [6.45, 7) is 5.82. The number of piperidine rings is 1. The molecule has 0 aliphatic carbocycles. The SMILES string of the molecule is C=CCOc1cccc(C(=O)N2CC[C@@H]3OCc4cnnn4[C@H]3C2)c1. The van der Waals surface area contributed by atoms with E-state index in [-0.39, 0.29) is 18.1 Å². The Kier molecular flexibility index (Phi) is 4.23. The minimum Gasteiger partial charge on any atom is -0.490 e. The van der Waals surface area contributed by atoms with E-state index in [0.29, 0.717) is 37.6 Å². The lowest BCUT2D eigenvalue weighted by Gasteiger charge is -2.41. The molecule has 2 aliphatic heterocycles. The summed E-state index contributed by atoms with van der Waals surface area (Å²) < 4.78 is 13.3. The van der Waals surface area contributed by atoms with E-state index in [1.165, 1.54) is 0 Å². The number of ether oxygens (including phenoxy) is 2. The Balaban J connectivity index is 1.51. The molecule has 1 fully saturated rings. The van der Waals surface area contributed by atoms with Crippen LogP contribution < -0.4 is 4.74 Å². The highest BCUT2D eigenvalue weighted by atomic mass is 16.5. The molecule has 1 saturated heterocycles. The lowest BCUT2D eigenvalue weighted by molar-refractivity contribution is -0.0605. The molecule has 3 heterocycles. The van der Waals surface area contributed by atoms with Crippen LogP contribution in [0, 0.1) is 0 Å². The zero-order chi connectivity index (χ0) is 17.2. The number of aromatic nitrogens is 3. The molecule has 4 rings (SSSR count). The Morgan fingerprint density at radius 3 is 3.28 bits per heavy atom. The Labute approximate surface area is 145 Å². The van der Waals surface area contributed by atoms with E-state index in [1.807, 2.05) is 27.8 Å². The molecule has 0 bridgehead atoms. The van der Waals surface area contributed by atoms with Crippen LogP contribution in [-0.2, 0) is 11.3 Å². The van der Waals surface area contributed by atoms with E-state index >= 15 is 0 Å². The van der Waals surface area contributed by atoms with Gasteiger partial charge < -0.3 is 14.4 Å². The van der Waals surface area contributed by atoms with E-state index in [9.17, 15) is 4.79 Å². The summed E-state index contributed by atoms with van der Waals surface area (Å²) in [6, 6.07) is 7.27. The lowest BCUT2D eigenvalue weighted by Crippen LogP contribution is -2.49. The van der Waals surface area contributed by atoms with Gasteiger partial charge in [-0.25, -0.2) is 4.68 Å². The van der Waals surface area contributed by atoms with Crippen molar-refractivity contribution in [3.05, 3.63) is 54.4 Å². The number of carbonyl (C=O) groups is 1. The first-order valence-corrected chi connectivity index (χ1v) is 8.40. The summed E-state index contributed by atoms with van der Waals surface area (Å²) in [4.78, 5) is 14.8. The minimum atomic E-state index is -0.00487. The van der Waals surface area contributed by atoms with Crippen molar-refractivity contribution < 1.29 is 14.3 Å². The number of amides is 1. The van der Waals surface area contributed by atoms with Gasteiger partial charge in [0.15, 0.2) is 0 Å². The zero-order valence-electron chi connectivity index (χ0n) is 13.9. The average molecular weight is 340 g/mol. The fourth-order valence-corrected chi connectivity index (χ4v) is 3.42. The van der Waals surface area contributed by atoms with Crippen LogP contribution in [-0.4, -0.2) is 51.6 Å². The van der Waals surface area contributed by atoms with Crippen molar-refractivity contribution >= 4 is 5.91 Å². The number of carbonyl (C=O) groups excluding carboxylic acids is 1. The van der Waals surface area contributed by atoms with E-state index in [2.05, 4.69) is 16.9 Å². The highest BCUT2D eigenvalue weighted by Gasteiger charge is 2.38. The predicted molar refractivity (Wildman–Crippen MR) is 90.3 cm³/mol. The summed E-state index contributed by atoms with van der Waals surface area (Å²) in [5, 5.41) is 8.14. The Hall–Kier alpha value is -2.67. The van der Waals surface area contributed by atoms with Crippen molar-refractivity contribution in [1.29, 1.82) is 0 Å². The summed E-state index contributed by atoms with van der Waals surface area (Å²) >= 11 is 0. The first-order chi connectivity index (χ1) is 12.3. The van der Waals surface area contributed by atoms with Crippen LogP contribution in [0.5, 0.6) is 5.75 Å². The molecule has 7 nitrogen and oxygen atoms in total. The average Bonchev–Trinajstić information content (AvgIpc) is 3.15. The number of rotatable bonds is 4. The van der Waals surface area contributed by atoms with Gasteiger partial charge in [-0.2, -0.15) is 0 Å². The summed E-state index contributed by atoms with van der Waals surface area (Å²) in [5.41, 5.74) is 1.57. The molecule has 2 aliphatic rings. The zero-order valence-corrected chi connectivity index (χ0v) is 13.9.